The molecule has 2 aromatic rings. The molecule has 0 aliphatic heterocycles. The summed E-state index contributed by atoms with van der Waals surface area (Å²) >= 11 is 0. The van der Waals surface area contributed by atoms with E-state index < -0.39 is 5.97 Å². The van der Waals surface area contributed by atoms with Crippen LogP contribution in [0.15, 0.2) is 30.3 Å². The van der Waals surface area contributed by atoms with E-state index in [0.717, 1.165) is 29.5 Å². The molecule has 0 amide bonds. The summed E-state index contributed by atoms with van der Waals surface area (Å²) in [5.41, 5.74) is 3.02. The van der Waals surface area contributed by atoms with Gasteiger partial charge < -0.3 is 14.9 Å². The summed E-state index contributed by atoms with van der Waals surface area (Å²) < 4.78 is 4.98. The molecular formula is C18H18O4. The predicted molar refractivity (Wildman–Crippen MR) is 83.2 cm³/mol. The van der Waals surface area contributed by atoms with Crippen molar-refractivity contribution < 1.29 is 19.7 Å². The Morgan fingerprint density at radius 3 is 2.45 bits per heavy atom. The van der Waals surface area contributed by atoms with Crippen LogP contribution in [0.2, 0.25) is 0 Å². The van der Waals surface area contributed by atoms with Gasteiger partial charge in [0.05, 0.1) is 6.61 Å². The molecule has 3 rings (SSSR count). The van der Waals surface area contributed by atoms with Crippen LogP contribution in [-0.4, -0.2) is 22.8 Å². The molecule has 0 aromatic heterocycles. The topological polar surface area (TPSA) is 66.8 Å². The van der Waals surface area contributed by atoms with Crippen molar-refractivity contribution in [3.8, 4) is 22.6 Å². The third-order valence-corrected chi connectivity index (χ3v) is 4.06. The molecule has 22 heavy (non-hydrogen) atoms. The molecule has 0 fully saturated rings. The number of carbonyl (C=O) groups excluding carboxylic acids is 1. The van der Waals surface area contributed by atoms with Crippen LogP contribution in [-0.2, 0) is 17.6 Å². The third kappa shape index (κ3) is 2.21. The Kier molecular flexibility index (Phi) is 3.75. The SMILES string of the molecule is CCOC(=O)c1c(O)c2c(c(-c3ccccc3)c1O)CCC2. The van der Waals surface area contributed by atoms with E-state index >= 15 is 0 Å². The van der Waals surface area contributed by atoms with E-state index in [9.17, 15) is 15.0 Å². The minimum atomic E-state index is -0.690. The molecule has 0 radical (unpaired) electrons. The van der Waals surface area contributed by atoms with E-state index in [4.69, 9.17) is 4.74 Å². The van der Waals surface area contributed by atoms with Crippen LogP contribution in [0.1, 0.15) is 34.8 Å². The second-order valence-corrected chi connectivity index (χ2v) is 5.34. The number of aromatic hydroxyl groups is 2. The minimum Gasteiger partial charge on any atom is -0.507 e. The number of rotatable bonds is 3. The fourth-order valence-electron chi connectivity index (χ4n) is 3.12. The molecule has 1 aliphatic rings. The smallest absolute Gasteiger partial charge is 0.345 e. The Morgan fingerprint density at radius 2 is 1.77 bits per heavy atom. The van der Waals surface area contributed by atoms with Gasteiger partial charge in [-0.1, -0.05) is 30.3 Å². The molecule has 0 heterocycles. The molecule has 2 N–H and O–H groups in total. The van der Waals surface area contributed by atoms with Crippen LogP contribution in [0.25, 0.3) is 11.1 Å². The van der Waals surface area contributed by atoms with E-state index in [1.165, 1.54) is 0 Å². The summed E-state index contributed by atoms with van der Waals surface area (Å²) in [4.78, 5) is 12.1. The highest BCUT2D eigenvalue weighted by atomic mass is 16.5. The van der Waals surface area contributed by atoms with Crippen molar-refractivity contribution >= 4 is 5.97 Å². The molecule has 4 nitrogen and oxygen atoms in total. The summed E-state index contributed by atoms with van der Waals surface area (Å²) in [6.07, 6.45) is 2.38. The first-order valence-corrected chi connectivity index (χ1v) is 7.47. The lowest BCUT2D eigenvalue weighted by atomic mass is 9.92. The Hall–Kier alpha value is -2.49. The summed E-state index contributed by atoms with van der Waals surface area (Å²) in [7, 11) is 0. The maximum Gasteiger partial charge on any atom is 0.345 e. The molecule has 0 atom stereocenters. The van der Waals surface area contributed by atoms with Gasteiger partial charge in [-0.3, -0.25) is 0 Å². The average Bonchev–Trinajstić information content (AvgIpc) is 2.98. The molecular weight excluding hydrogens is 280 g/mol. The van der Waals surface area contributed by atoms with Gasteiger partial charge in [0.2, 0.25) is 0 Å². The van der Waals surface area contributed by atoms with Gasteiger partial charge in [-0.25, -0.2) is 4.79 Å². The van der Waals surface area contributed by atoms with Gasteiger partial charge in [0.1, 0.15) is 17.1 Å². The highest BCUT2D eigenvalue weighted by Crippen LogP contribution is 2.46. The van der Waals surface area contributed by atoms with E-state index in [1.54, 1.807) is 6.92 Å². The van der Waals surface area contributed by atoms with E-state index in [-0.39, 0.29) is 23.7 Å². The molecule has 4 heteroatoms. The Morgan fingerprint density at radius 1 is 1.09 bits per heavy atom. The molecule has 0 spiro atoms. The Labute approximate surface area is 129 Å². The second kappa shape index (κ2) is 5.72. The predicted octanol–water partition coefficient (Wildman–Crippen LogP) is 3.43. The Bertz CT molecular complexity index is 720. The van der Waals surface area contributed by atoms with Crippen LogP contribution in [0.5, 0.6) is 11.5 Å². The fourth-order valence-corrected chi connectivity index (χ4v) is 3.12. The van der Waals surface area contributed by atoms with Crippen molar-refractivity contribution in [2.75, 3.05) is 6.61 Å². The number of phenolic OH excluding ortho intramolecular Hbond substituents is 2. The quantitative estimate of drug-likeness (QED) is 0.852. The van der Waals surface area contributed by atoms with Crippen molar-refractivity contribution in [3.05, 3.63) is 47.0 Å². The fraction of sp³-hybridized carbons (Fsp3) is 0.278. The number of carbonyl (C=O) groups is 1. The molecule has 2 aromatic carbocycles. The van der Waals surface area contributed by atoms with Crippen LogP contribution >= 0.6 is 0 Å². The van der Waals surface area contributed by atoms with Crippen molar-refractivity contribution in [3.63, 3.8) is 0 Å². The number of benzene rings is 2. The van der Waals surface area contributed by atoms with Crippen LogP contribution < -0.4 is 0 Å². The van der Waals surface area contributed by atoms with Crippen LogP contribution in [0, 0.1) is 0 Å². The minimum absolute atomic E-state index is 0.124. The molecule has 0 saturated carbocycles. The lowest BCUT2D eigenvalue weighted by Gasteiger charge is -2.17. The largest absolute Gasteiger partial charge is 0.507 e. The maximum absolute atomic E-state index is 12.1. The normalized spacial score (nSPS) is 13.0. The number of ether oxygens (including phenoxy) is 1. The molecule has 0 bridgehead atoms. The first-order chi connectivity index (χ1) is 10.6. The maximum atomic E-state index is 12.1. The van der Waals surface area contributed by atoms with Gasteiger partial charge in [-0.05, 0) is 42.9 Å². The Balaban J connectivity index is 2.28. The highest BCUT2D eigenvalue weighted by Gasteiger charge is 2.30. The van der Waals surface area contributed by atoms with Crippen LogP contribution in [0.4, 0.5) is 0 Å². The summed E-state index contributed by atoms with van der Waals surface area (Å²) in [5.74, 6) is -1.02. The number of hydrogen-bond donors (Lipinski definition) is 2. The zero-order chi connectivity index (χ0) is 15.7. The standard InChI is InChI=1S/C18H18O4/c1-2-22-18(21)15-16(19)13-10-6-9-12(13)14(17(15)20)11-7-4-3-5-8-11/h3-5,7-8,19-20H,2,6,9-10H2,1H3. The molecule has 0 saturated heterocycles. The van der Waals surface area contributed by atoms with E-state index in [2.05, 4.69) is 0 Å². The second-order valence-electron chi connectivity index (χ2n) is 5.34. The lowest BCUT2D eigenvalue weighted by Crippen LogP contribution is -2.08. The number of fused-ring (bicyclic) bond motifs is 1. The number of esters is 1. The first-order valence-electron chi connectivity index (χ1n) is 7.47. The highest BCUT2D eigenvalue weighted by molar-refractivity contribution is 6.00. The number of phenols is 2. The van der Waals surface area contributed by atoms with E-state index in [1.807, 2.05) is 30.3 Å². The molecule has 1 aliphatic carbocycles. The third-order valence-electron chi connectivity index (χ3n) is 4.06. The lowest BCUT2D eigenvalue weighted by molar-refractivity contribution is 0.0519. The van der Waals surface area contributed by atoms with Crippen molar-refractivity contribution in [2.45, 2.75) is 26.2 Å². The van der Waals surface area contributed by atoms with Crippen molar-refractivity contribution in [1.82, 2.24) is 0 Å². The van der Waals surface area contributed by atoms with Crippen molar-refractivity contribution in [2.24, 2.45) is 0 Å². The van der Waals surface area contributed by atoms with Crippen molar-refractivity contribution in [1.29, 1.82) is 0 Å². The summed E-state index contributed by atoms with van der Waals surface area (Å²) in [5, 5.41) is 21.0. The van der Waals surface area contributed by atoms with Gasteiger partial charge in [0, 0.05) is 5.56 Å². The zero-order valence-corrected chi connectivity index (χ0v) is 12.4. The van der Waals surface area contributed by atoms with Gasteiger partial charge in [0.25, 0.3) is 0 Å². The molecule has 0 unspecified atom stereocenters. The number of hydrogen-bond acceptors (Lipinski definition) is 4. The van der Waals surface area contributed by atoms with E-state index in [0.29, 0.717) is 12.0 Å². The van der Waals surface area contributed by atoms with Gasteiger partial charge in [-0.2, -0.15) is 0 Å². The van der Waals surface area contributed by atoms with Crippen LogP contribution in [0.3, 0.4) is 0 Å². The van der Waals surface area contributed by atoms with Gasteiger partial charge in [0.15, 0.2) is 0 Å². The van der Waals surface area contributed by atoms with Gasteiger partial charge >= 0.3 is 5.97 Å². The average molecular weight is 298 g/mol. The first kappa shape index (κ1) is 14.4. The monoisotopic (exact) mass is 298 g/mol. The van der Waals surface area contributed by atoms with Gasteiger partial charge in [-0.15, -0.1) is 0 Å². The molecule has 114 valence electrons. The summed E-state index contributed by atoms with van der Waals surface area (Å²) in [6, 6.07) is 9.44. The zero-order valence-electron chi connectivity index (χ0n) is 12.4. The summed E-state index contributed by atoms with van der Waals surface area (Å²) in [6.45, 7) is 1.88.